The Morgan fingerprint density at radius 1 is 1.04 bits per heavy atom. The predicted molar refractivity (Wildman–Crippen MR) is 210 cm³/mol. The molecule has 3 saturated heterocycles. The summed E-state index contributed by atoms with van der Waals surface area (Å²) in [5.41, 5.74) is -1.03. The Labute approximate surface area is 336 Å². The zero-order valence-electron chi connectivity index (χ0n) is 35.4. The second kappa shape index (κ2) is 18.0. The molecule has 1 amide bonds. The highest BCUT2D eigenvalue weighted by Gasteiger charge is 2.60. The van der Waals surface area contributed by atoms with Crippen molar-refractivity contribution >= 4 is 23.6 Å². The first kappa shape index (κ1) is 44.3. The van der Waals surface area contributed by atoms with Crippen molar-refractivity contribution in [2.75, 3.05) is 27.7 Å². The van der Waals surface area contributed by atoms with Crippen molar-refractivity contribution in [1.29, 1.82) is 0 Å². The van der Waals surface area contributed by atoms with Crippen molar-refractivity contribution in [3.05, 3.63) is 37.1 Å². The molecule has 15 nitrogen and oxygen atoms in total. The highest BCUT2D eigenvalue weighted by Crippen LogP contribution is 2.43. The summed E-state index contributed by atoms with van der Waals surface area (Å²) in [5.74, 6) is -5.00. The fourth-order valence-corrected chi connectivity index (χ4v) is 9.28. The number of pyridine rings is 1. The van der Waals surface area contributed by atoms with E-state index in [9.17, 15) is 24.3 Å². The van der Waals surface area contributed by atoms with E-state index in [1.54, 1.807) is 58.2 Å². The second-order valence-corrected chi connectivity index (χ2v) is 17.0. The lowest BCUT2D eigenvalue weighted by molar-refractivity contribution is -0.295. The van der Waals surface area contributed by atoms with Gasteiger partial charge in [0.15, 0.2) is 17.7 Å². The number of rotatable bonds is 10. The van der Waals surface area contributed by atoms with Crippen LogP contribution in [0, 0.1) is 23.7 Å². The molecule has 5 heterocycles. The first-order valence-corrected chi connectivity index (χ1v) is 20.3. The normalized spacial score (nSPS) is 37.1. The Hall–Kier alpha value is -3.76. The topological polar surface area (TPSA) is 172 Å². The summed E-state index contributed by atoms with van der Waals surface area (Å²) in [6.45, 7) is 14.7. The molecule has 0 spiro atoms. The number of ketones is 2. The molecule has 57 heavy (non-hydrogen) atoms. The second-order valence-electron chi connectivity index (χ2n) is 17.0. The minimum Gasteiger partial charge on any atom is -0.458 e. The number of hydrogen-bond acceptors (Lipinski definition) is 13. The van der Waals surface area contributed by atoms with Crippen LogP contribution in [0.25, 0.3) is 11.3 Å². The standard InChI is InChI=1S/C42H63N5O10/c1-12-32-42(8)36(47(40(52)57-42)18-14-17-46-22-30(44-23-46)29-15-13-16-43-21-29)26(4)33(48)24(2)20-41(7,53-11)37(27(5)34(49)28(6)38(51)55-32)56-39-35(50)31(45(9)10)19-25(3)54-39/h13,15-16,21-28,31-32,35-37,39,50H,12,14,17-20H2,1-11H3/t24-,25-,26+,27+,28-,31+,32-,35-,36-,37-,39+,41-,42-/m1/s1. The number of fused-ring (bicyclic) bond motifs is 1. The van der Waals surface area contributed by atoms with Crippen LogP contribution in [-0.4, -0.2) is 135 Å². The van der Waals surface area contributed by atoms with Gasteiger partial charge in [-0.25, -0.2) is 9.78 Å². The van der Waals surface area contributed by atoms with Gasteiger partial charge in [-0.3, -0.25) is 19.4 Å². The molecular weight excluding hydrogens is 734 g/mol. The number of carbonyl (C=O) groups is 4. The van der Waals surface area contributed by atoms with Crippen molar-refractivity contribution in [1.82, 2.24) is 24.3 Å². The number of imidazole rings is 1. The summed E-state index contributed by atoms with van der Waals surface area (Å²) in [7, 11) is 5.23. The predicted octanol–water partition coefficient (Wildman–Crippen LogP) is 4.54. The van der Waals surface area contributed by atoms with Gasteiger partial charge in [0, 0.05) is 68.1 Å². The summed E-state index contributed by atoms with van der Waals surface area (Å²) in [6.07, 6.45) is 3.50. The summed E-state index contributed by atoms with van der Waals surface area (Å²) < 4.78 is 33.1. The number of nitrogens with zero attached hydrogens (tertiary/aromatic N) is 5. The summed E-state index contributed by atoms with van der Waals surface area (Å²) in [5, 5.41) is 11.4. The van der Waals surface area contributed by atoms with Gasteiger partial charge in [-0.2, -0.15) is 0 Å². The van der Waals surface area contributed by atoms with Crippen LogP contribution in [0.3, 0.4) is 0 Å². The van der Waals surface area contributed by atoms with Gasteiger partial charge in [-0.05, 0) is 79.6 Å². The average Bonchev–Trinajstić information content (AvgIpc) is 3.76. The molecule has 2 aromatic heterocycles. The number of aliphatic hydroxyl groups excluding tert-OH is 1. The molecule has 15 heteroatoms. The number of cyclic esters (lactones) is 1. The van der Waals surface area contributed by atoms with Crippen LogP contribution < -0.4 is 0 Å². The Kier molecular flexibility index (Phi) is 14.0. The van der Waals surface area contributed by atoms with Crippen molar-refractivity contribution in [3.63, 3.8) is 0 Å². The lowest BCUT2D eigenvalue weighted by Crippen LogP contribution is -2.60. The molecule has 3 fully saturated rings. The molecule has 0 bridgehead atoms. The third-order valence-electron chi connectivity index (χ3n) is 12.6. The highest BCUT2D eigenvalue weighted by molar-refractivity contribution is 6.00. The summed E-state index contributed by atoms with van der Waals surface area (Å²) in [6, 6.07) is 2.69. The van der Waals surface area contributed by atoms with Crippen molar-refractivity contribution in [2.24, 2.45) is 23.7 Å². The fourth-order valence-electron chi connectivity index (χ4n) is 9.28. The van der Waals surface area contributed by atoms with E-state index in [1.807, 2.05) is 55.7 Å². The average molecular weight is 798 g/mol. The van der Waals surface area contributed by atoms with E-state index in [-0.39, 0.29) is 37.3 Å². The molecule has 0 aliphatic carbocycles. The van der Waals surface area contributed by atoms with Crippen LogP contribution in [0.4, 0.5) is 4.79 Å². The van der Waals surface area contributed by atoms with Crippen molar-refractivity contribution in [3.8, 4) is 11.3 Å². The molecule has 0 saturated carbocycles. The number of Topliss-reactive ketones (excluding diaryl/α,β-unsaturated/α-hetero) is 2. The van der Waals surface area contributed by atoms with E-state index < -0.39 is 83.4 Å². The Morgan fingerprint density at radius 3 is 2.39 bits per heavy atom. The van der Waals surface area contributed by atoms with Crippen LogP contribution in [0.2, 0.25) is 0 Å². The molecule has 1 N–H and O–H groups in total. The Morgan fingerprint density at radius 2 is 1.75 bits per heavy atom. The lowest BCUT2D eigenvalue weighted by Gasteiger charge is -2.47. The number of aromatic nitrogens is 3. The van der Waals surface area contributed by atoms with Gasteiger partial charge in [-0.15, -0.1) is 0 Å². The number of aliphatic hydroxyl groups is 1. The van der Waals surface area contributed by atoms with E-state index >= 15 is 0 Å². The maximum Gasteiger partial charge on any atom is 0.410 e. The first-order chi connectivity index (χ1) is 26.9. The van der Waals surface area contributed by atoms with Crippen LogP contribution >= 0.6 is 0 Å². The number of hydrogen-bond donors (Lipinski definition) is 1. The molecule has 5 rings (SSSR count). The minimum atomic E-state index is -1.42. The van der Waals surface area contributed by atoms with Gasteiger partial charge in [0.2, 0.25) is 0 Å². The third-order valence-corrected chi connectivity index (χ3v) is 12.6. The van der Waals surface area contributed by atoms with Gasteiger partial charge in [0.25, 0.3) is 0 Å². The maximum absolute atomic E-state index is 14.7. The van der Waals surface area contributed by atoms with Crippen LogP contribution in [-0.2, 0) is 44.6 Å². The molecule has 0 unspecified atom stereocenters. The Bertz CT molecular complexity index is 1720. The molecule has 0 radical (unpaired) electrons. The van der Waals surface area contributed by atoms with Crippen molar-refractivity contribution in [2.45, 2.75) is 142 Å². The van der Waals surface area contributed by atoms with Gasteiger partial charge in [-0.1, -0.05) is 27.7 Å². The minimum absolute atomic E-state index is 0.124. The van der Waals surface area contributed by atoms with Crippen LogP contribution in [0.5, 0.6) is 0 Å². The fraction of sp³-hybridized carbons (Fsp3) is 0.714. The molecular formula is C42H63N5O10. The highest BCUT2D eigenvalue weighted by atomic mass is 16.7. The molecule has 0 aromatic carbocycles. The lowest BCUT2D eigenvalue weighted by atomic mass is 9.73. The number of methoxy groups -OCH3 is 1. The number of carbonyl (C=O) groups excluding carboxylic acids is 4. The Balaban J connectivity index is 1.47. The molecule has 316 valence electrons. The number of aryl methyl sites for hydroxylation is 1. The molecule has 13 atom stereocenters. The van der Waals surface area contributed by atoms with Crippen LogP contribution in [0.15, 0.2) is 37.1 Å². The van der Waals surface area contributed by atoms with E-state index in [0.717, 1.165) is 11.3 Å². The van der Waals surface area contributed by atoms with E-state index in [2.05, 4.69) is 9.97 Å². The molecule has 3 aliphatic rings. The smallest absolute Gasteiger partial charge is 0.410 e. The van der Waals surface area contributed by atoms with E-state index in [1.165, 1.54) is 14.0 Å². The van der Waals surface area contributed by atoms with Gasteiger partial charge < -0.3 is 43.2 Å². The zero-order chi connectivity index (χ0) is 42.0. The van der Waals surface area contributed by atoms with Crippen molar-refractivity contribution < 1.29 is 48.0 Å². The summed E-state index contributed by atoms with van der Waals surface area (Å²) in [4.78, 5) is 69.0. The SMILES string of the molecule is CC[C@H]1OC(=O)[C@H](C)C(=O)[C@H](C)[C@@H](O[C@@H]2O[C@H](C)C[C@H](N(C)C)[C@H]2O)[C@](C)(OC)C[C@@H](C)C(=O)[C@H](C)[C@H]2N(CCCn3cnc(-c4cccnc4)c3)C(=O)O[C@]12C. The number of ether oxygens (including phenoxy) is 5. The van der Waals surface area contributed by atoms with E-state index in [0.29, 0.717) is 19.4 Å². The largest absolute Gasteiger partial charge is 0.458 e. The zero-order valence-corrected chi connectivity index (χ0v) is 35.4. The molecule has 3 aliphatic heterocycles. The van der Waals surface area contributed by atoms with Gasteiger partial charge >= 0.3 is 12.1 Å². The quantitative estimate of drug-likeness (QED) is 0.263. The third kappa shape index (κ3) is 9.12. The first-order valence-electron chi connectivity index (χ1n) is 20.3. The van der Waals surface area contributed by atoms with E-state index in [4.69, 9.17) is 23.7 Å². The monoisotopic (exact) mass is 797 g/mol. The number of esters is 1. The van der Waals surface area contributed by atoms with Gasteiger partial charge in [0.1, 0.15) is 23.9 Å². The van der Waals surface area contributed by atoms with Crippen LogP contribution in [0.1, 0.15) is 81.1 Å². The summed E-state index contributed by atoms with van der Waals surface area (Å²) >= 11 is 0. The molecule has 2 aromatic rings. The maximum atomic E-state index is 14.7. The number of amides is 1. The number of likely N-dealkylation sites (N-methyl/N-ethyl adjacent to an activating group) is 1. The van der Waals surface area contributed by atoms with Gasteiger partial charge in [0.05, 0.1) is 35.9 Å².